The predicted molar refractivity (Wildman–Crippen MR) is 102 cm³/mol. The summed E-state index contributed by atoms with van der Waals surface area (Å²) in [6, 6.07) is 7.33. The number of hydrogen-bond acceptors (Lipinski definition) is 3. The van der Waals surface area contributed by atoms with Gasteiger partial charge in [0.15, 0.2) is 5.82 Å². The Labute approximate surface area is 156 Å². The van der Waals surface area contributed by atoms with E-state index < -0.39 is 5.60 Å². The summed E-state index contributed by atoms with van der Waals surface area (Å²) in [4.78, 5) is 6.98. The number of nitrogens with one attached hydrogen (secondary N) is 2. The Bertz CT molecular complexity index is 961. The van der Waals surface area contributed by atoms with Crippen LogP contribution in [0, 0.1) is 17.7 Å². The second kappa shape index (κ2) is 6.34. The molecule has 2 aromatic heterocycles. The molecule has 3 aromatic rings. The zero-order chi connectivity index (χ0) is 18.5. The summed E-state index contributed by atoms with van der Waals surface area (Å²) in [6.45, 7) is 5.51. The Morgan fingerprint density at radius 3 is 2.65 bits per heavy atom. The molecule has 0 radical (unpaired) electrons. The molecule has 4 nitrogen and oxygen atoms in total. The first-order valence-electron chi connectivity index (χ1n) is 8.78. The van der Waals surface area contributed by atoms with Crippen LogP contribution in [0.3, 0.4) is 0 Å². The molecule has 136 valence electrons. The molecule has 0 spiro atoms. The van der Waals surface area contributed by atoms with Gasteiger partial charge in [-0.25, -0.2) is 9.37 Å². The second-order valence-electron chi connectivity index (χ2n) is 7.20. The molecule has 26 heavy (non-hydrogen) atoms. The van der Waals surface area contributed by atoms with Crippen molar-refractivity contribution in [3.63, 3.8) is 0 Å². The summed E-state index contributed by atoms with van der Waals surface area (Å²) >= 11 is 6.60. The largest absolute Gasteiger partial charge is 0.384 e. The molecule has 0 aliphatic carbocycles. The summed E-state index contributed by atoms with van der Waals surface area (Å²) in [5, 5.41) is 15.7. The summed E-state index contributed by atoms with van der Waals surface area (Å²) in [6.07, 6.45) is 2.94. The molecule has 4 rings (SSSR count). The molecule has 3 N–H and O–H groups in total. The number of aliphatic hydroxyl groups is 1. The molecule has 6 heteroatoms. The molecule has 1 aliphatic heterocycles. The first-order chi connectivity index (χ1) is 12.4. The van der Waals surface area contributed by atoms with E-state index in [4.69, 9.17) is 11.6 Å². The number of hydrogen-bond donors (Lipinski definition) is 3. The van der Waals surface area contributed by atoms with Crippen LogP contribution in [0.15, 0.2) is 36.7 Å². The van der Waals surface area contributed by atoms with E-state index in [1.165, 1.54) is 6.20 Å². The van der Waals surface area contributed by atoms with Gasteiger partial charge in [0.05, 0.1) is 11.0 Å². The van der Waals surface area contributed by atoms with Crippen molar-refractivity contribution >= 4 is 22.6 Å². The average Bonchev–Trinajstić information content (AvgIpc) is 3.01. The molecule has 3 heterocycles. The van der Waals surface area contributed by atoms with Crippen LogP contribution in [0.25, 0.3) is 22.2 Å². The zero-order valence-corrected chi connectivity index (χ0v) is 15.4. The van der Waals surface area contributed by atoms with Crippen molar-refractivity contribution in [1.82, 2.24) is 15.3 Å². The molecule has 1 aromatic carbocycles. The van der Waals surface area contributed by atoms with Crippen molar-refractivity contribution in [3.05, 3.63) is 53.1 Å². The van der Waals surface area contributed by atoms with Crippen LogP contribution >= 0.6 is 11.6 Å². The fourth-order valence-corrected chi connectivity index (χ4v) is 4.44. The summed E-state index contributed by atoms with van der Waals surface area (Å²) < 4.78 is 14.2. The van der Waals surface area contributed by atoms with Crippen LogP contribution < -0.4 is 5.32 Å². The molecule has 0 saturated carbocycles. The minimum absolute atomic E-state index is 0.0318. The average molecular weight is 374 g/mol. The van der Waals surface area contributed by atoms with Crippen LogP contribution in [0.1, 0.15) is 19.4 Å². The lowest BCUT2D eigenvalue weighted by Gasteiger charge is -2.44. The fourth-order valence-electron chi connectivity index (χ4n) is 4.11. The van der Waals surface area contributed by atoms with Crippen molar-refractivity contribution in [1.29, 1.82) is 0 Å². The number of nitrogens with zero attached hydrogens (tertiary/aromatic N) is 1. The van der Waals surface area contributed by atoms with Crippen LogP contribution in [0.4, 0.5) is 4.39 Å². The molecule has 1 aliphatic rings. The van der Waals surface area contributed by atoms with Gasteiger partial charge in [0.25, 0.3) is 0 Å². The summed E-state index contributed by atoms with van der Waals surface area (Å²) in [5.41, 5.74) is 1.75. The Balaban J connectivity index is 1.83. The van der Waals surface area contributed by atoms with Crippen LogP contribution in [0.2, 0.25) is 5.02 Å². The molecular formula is C20H21ClFN3O. The molecule has 0 amide bonds. The number of fused-ring (bicyclic) bond motifs is 1. The van der Waals surface area contributed by atoms with E-state index in [-0.39, 0.29) is 17.7 Å². The van der Waals surface area contributed by atoms with E-state index in [0.29, 0.717) is 16.1 Å². The first kappa shape index (κ1) is 17.5. The molecule has 1 saturated heterocycles. The number of aromatic amines is 1. The molecule has 3 atom stereocenters. The topological polar surface area (TPSA) is 60.9 Å². The Morgan fingerprint density at radius 2 is 1.96 bits per heavy atom. The van der Waals surface area contributed by atoms with E-state index in [9.17, 15) is 9.50 Å². The highest BCUT2D eigenvalue weighted by Crippen LogP contribution is 2.43. The number of benzene rings is 1. The van der Waals surface area contributed by atoms with Gasteiger partial charge >= 0.3 is 0 Å². The van der Waals surface area contributed by atoms with E-state index >= 15 is 0 Å². The predicted octanol–water partition coefficient (Wildman–Crippen LogP) is 4.09. The van der Waals surface area contributed by atoms with Gasteiger partial charge in [0.1, 0.15) is 5.65 Å². The SMILES string of the molecule is C[C@@H]1CNC[C@H](C)[C@@]1(O)c1ccc(-c2ccnc3[nH]cc(F)c23)cc1Cl. The molecular weight excluding hydrogens is 353 g/mol. The van der Waals surface area contributed by atoms with Gasteiger partial charge in [-0.05, 0) is 23.3 Å². The smallest absolute Gasteiger partial charge is 0.150 e. The maximum absolute atomic E-state index is 14.2. The highest BCUT2D eigenvalue weighted by Gasteiger charge is 2.44. The van der Waals surface area contributed by atoms with Crippen LogP contribution in [-0.4, -0.2) is 28.2 Å². The number of aromatic nitrogens is 2. The minimum Gasteiger partial charge on any atom is -0.384 e. The van der Waals surface area contributed by atoms with Crippen molar-refractivity contribution in [2.24, 2.45) is 11.8 Å². The van der Waals surface area contributed by atoms with Crippen molar-refractivity contribution in [2.45, 2.75) is 19.4 Å². The minimum atomic E-state index is -0.992. The summed E-state index contributed by atoms with van der Waals surface area (Å²) in [5.74, 6) is -0.281. The standard InChI is InChI=1S/C20H21ClFN3O/c1-11-8-23-9-12(2)20(11,26)15-4-3-13(7-16(15)21)14-5-6-24-19-18(14)17(22)10-25-19/h3-7,10-12,23,26H,8-9H2,1-2H3,(H,24,25)/t11-,12+,20-. The molecule has 0 unspecified atom stereocenters. The zero-order valence-electron chi connectivity index (χ0n) is 14.7. The monoisotopic (exact) mass is 373 g/mol. The van der Waals surface area contributed by atoms with Gasteiger partial charge in [0, 0.05) is 47.9 Å². The third-order valence-electron chi connectivity index (χ3n) is 5.64. The third kappa shape index (κ3) is 2.54. The summed E-state index contributed by atoms with van der Waals surface area (Å²) in [7, 11) is 0. The number of H-pyrrole nitrogens is 1. The van der Waals surface area contributed by atoms with Crippen LogP contribution in [0.5, 0.6) is 0 Å². The Kier molecular flexibility index (Phi) is 4.26. The number of halogens is 2. The Morgan fingerprint density at radius 1 is 1.23 bits per heavy atom. The maximum atomic E-state index is 14.2. The number of pyridine rings is 1. The van der Waals surface area contributed by atoms with Gasteiger partial charge in [-0.1, -0.05) is 37.6 Å². The fraction of sp³-hybridized carbons (Fsp3) is 0.350. The van der Waals surface area contributed by atoms with E-state index in [1.54, 1.807) is 18.3 Å². The van der Waals surface area contributed by atoms with E-state index in [0.717, 1.165) is 29.8 Å². The van der Waals surface area contributed by atoms with Gasteiger partial charge in [-0.3, -0.25) is 0 Å². The maximum Gasteiger partial charge on any atom is 0.150 e. The van der Waals surface area contributed by atoms with Crippen molar-refractivity contribution in [2.75, 3.05) is 13.1 Å². The van der Waals surface area contributed by atoms with Gasteiger partial charge in [0.2, 0.25) is 0 Å². The van der Waals surface area contributed by atoms with Crippen molar-refractivity contribution < 1.29 is 9.50 Å². The van der Waals surface area contributed by atoms with Crippen LogP contribution in [-0.2, 0) is 5.60 Å². The normalized spacial score (nSPS) is 26.3. The first-order valence-corrected chi connectivity index (χ1v) is 9.15. The quantitative estimate of drug-likeness (QED) is 0.634. The van der Waals surface area contributed by atoms with E-state index in [2.05, 4.69) is 15.3 Å². The van der Waals surface area contributed by atoms with Crippen molar-refractivity contribution in [3.8, 4) is 11.1 Å². The highest BCUT2D eigenvalue weighted by atomic mass is 35.5. The lowest BCUT2D eigenvalue weighted by molar-refractivity contribution is -0.0805. The van der Waals surface area contributed by atoms with Gasteiger partial charge in [-0.2, -0.15) is 0 Å². The molecule has 0 bridgehead atoms. The third-order valence-corrected chi connectivity index (χ3v) is 5.95. The number of piperidine rings is 1. The Hall–Kier alpha value is -1.95. The highest BCUT2D eigenvalue weighted by molar-refractivity contribution is 6.31. The van der Waals surface area contributed by atoms with Gasteiger partial charge < -0.3 is 15.4 Å². The van der Waals surface area contributed by atoms with Gasteiger partial charge in [-0.15, -0.1) is 0 Å². The number of rotatable bonds is 2. The second-order valence-corrected chi connectivity index (χ2v) is 7.61. The van der Waals surface area contributed by atoms with E-state index in [1.807, 2.05) is 26.0 Å². The lowest BCUT2D eigenvalue weighted by Crippen LogP contribution is -2.52. The molecule has 1 fully saturated rings. The lowest BCUT2D eigenvalue weighted by atomic mass is 9.71.